The largest absolute Gasteiger partial charge is 0.478 e. The topological polar surface area (TPSA) is 105 Å². The van der Waals surface area contributed by atoms with Gasteiger partial charge in [-0.05, 0) is 62.1 Å². The van der Waals surface area contributed by atoms with Crippen molar-refractivity contribution in [3.63, 3.8) is 0 Å². The van der Waals surface area contributed by atoms with Crippen LogP contribution in [0, 0.1) is 12.8 Å². The van der Waals surface area contributed by atoms with Crippen LogP contribution >= 0.6 is 11.6 Å². The predicted octanol–water partition coefficient (Wildman–Crippen LogP) is 3.80. The Balaban J connectivity index is 1.41. The molecule has 0 radical (unpaired) electrons. The predicted molar refractivity (Wildman–Crippen MR) is 126 cm³/mol. The number of nitrogens with zero attached hydrogens (tertiary/aromatic N) is 1. The lowest BCUT2D eigenvalue weighted by Gasteiger charge is -2.31. The van der Waals surface area contributed by atoms with Gasteiger partial charge in [-0.25, -0.2) is 8.42 Å². The molecule has 0 unspecified atom stereocenters. The minimum absolute atomic E-state index is 0.0808. The zero-order valence-electron chi connectivity index (χ0n) is 18.4. The van der Waals surface area contributed by atoms with Crippen molar-refractivity contribution in [1.29, 1.82) is 0 Å². The van der Waals surface area contributed by atoms with Crippen LogP contribution in [0.15, 0.2) is 41.3 Å². The van der Waals surface area contributed by atoms with Gasteiger partial charge in [-0.15, -0.1) is 0 Å². The standard InChI is InChI=1S/C23H26ClN3O5S/c1-3-20-23(29)26-19-13-17(6-7-21(19)32-20)33(30,31)27-10-8-15(9-11-27)22(28)25-16-5-4-14(2)18(24)12-16/h4-7,12-13,15,20H,3,8-11H2,1-2H3,(H,25,28)(H,26,29)/t20-/m1/s1. The van der Waals surface area contributed by atoms with Crippen LogP contribution in [0.5, 0.6) is 5.75 Å². The maximum Gasteiger partial charge on any atom is 0.265 e. The van der Waals surface area contributed by atoms with E-state index in [1.165, 1.54) is 16.4 Å². The van der Waals surface area contributed by atoms with E-state index in [-0.39, 0.29) is 35.7 Å². The third kappa shape index (κ3) is 4.85. The van der Waals surface area contributed by atoms with Crippen molar-refractivity contribution in [2.45, 2.75) is 44.1 Å². The Kier molecular flexibility index (Phi) is 6.65. The summed E-state index contributed by atoms with van der Waals surface area (Å²) < 4.78 is 33.4. The average Bonchev–Trinajstić information content (AvgIpc) is 2.80. The van der Waals surface area contributed by atoms with Gasteiger partial charge >= 0.3 is 0 Å². The van der Waals surface area contributed by atoms with Crippen molar-refractivity contribution in [2.75, 3.05) is 23.7 Å². The molecule has 2 aromatic carbocycles. The third-order valence-electron chi connectivity index (χ3n) is 6.04. The van der Waals surface area contributed by atoms with Gasteiger partial charge in [-0.3, -0.25) is 9.59 Å². The highest BCUT2D eigenvalue weighted by molar-refractivity contribution is 7.89. The summed E-state index contributed by atoms with van der Waals surface area (Å²) in [5.74, 6) is -0.280. The van der Waals surface area contributed by atoms with Gasteiger partial charge in [0.05, 0.1) is 10.6 Å². The molecule has 10 heteroatoms. The fourth-order valence-electron chi connectivity index (χ4n) is 3.98. The number of aryl methyl sites for hydroxylation is 1. The van der Waals surface area contributed by atoms with E-state index in [0.29, 0.717) is 41.4 Å². The molecule has 2 aliphatic heterocycles. The Labute approximate surface area is 198 Å². The fourth-order valence-corrected chi connectivity index (χ4v) is 5.66. The van der Waals surface area contributed by atoms with Crippen LogP contribution in [0.4, 0.5) is 11.4 Å². The number of benzene rings is 2. The van der Waals surface area contributed by atoms with Crippen molar-refractivity contribution in [1.82, 2.24) is 4.31 Å². The van der Waals surface area contributed by atoms with Crippen molar-refractivity contribution in [3.05, 3.63) is 47.0 Å². The number of ether oxygens (including phenoxy) is 1. The summed E-state index contributed by atoms with van der Waals surface area (Å²) in [5, 5.41) is 6.16. The van der Waals surface area contributed by atoms with Gasteiger partial charge in [0.1, 0.15) is 5.75 Å². The second kappa shape index (κ2) is 9.32. The number of hydrogen-bond acceptors (Lipinski definition) is 5. The number of carbonyl (C=O) groups is 2. The van der Waals surface area contributed by atoms with E-state index in [1.807, 2.05) is 19.9 Å². The van der Waals surface area contributed by atoms with Gasteiger partial charge in [0.25, 0.3) is 5.91 Å². The van der Waals surface area contributed by atoms with Crippen molar-refractivity contribution >= 4 is 44.8 Å². The summed E-state index contributed by atoms with van der Waals surface area (Å²) in [4.78, 5) is 24.8. The zero-order valence-corrected chi connectivity index (χ0v) is 20.0. The van der Waals surface area contributed by atoms with Crippen molar-refractivity contribution in [3.8, 4) is 5.75 Å². The first-order valence-electron chi connectivity index (χ1n) is 10.9. The van der Waals surface area contributed by atoms with Crippen LogP contribution in [0.1, 0.15) is 31.7 Å². The quantitative estimate of drug-likeness (QED) is 0.662. The van der Waals surface area contributed by atoms with Crippen LogP contribution < -0.4 is 15.4 Å². The highest BCUT2D eigenvalue weighted by Crippen LogP contribution is 2.34. The molecule has 0 aliphatic carbocycles. The Morgan fingerprint density at radius 2 is 1.94 bits per heavy atom. The van der Waals surface area contributed by atoms with Crippen LogP contribution in [0.25, 0.3) is 0 Å². The minimum Gasteiger partial charge on any atom is -0.478 e. The van der Waals surface area contributed by atoms with Crippen molar-refractivity contribution < 1.29 is 22.7 Å². The molecule has 0 aromatic heterocycles. The molecule has 33 heavy (non-hydrogen) atoms. The molecule has 4 rings (SSSR count). The molecule has 176 valence electrons. The Hall–Kier alpha value is -2.62. The van der Waals surface area contributed by atoms with Gasteiger partial charge < -0.3 is 15.4 Å². The molecule has 2 amide bonds. The molecule has 0 saturated carbocycles. The molecular formula is C23H26ClN3O5S. The fraction of sp³-hybridized carbons (Fsp3) is 0.391. The number of piperidine rings is 1. The number of hydrogen-bond donors (Lipinski definition) is 2. The Bertz CT molecular complexity index is 1190. The van der Waals surface area contributed by atoms with Gasteiger partial charge in [-0.1, -0.05) is 24.6 Å². The SMILES string of the molecule is CC[C@H]1Oc2ccc(S(=O)(=O)N3CCC(C(=O)Nc4ccc(C)c(Cl)c4)CC3)cc2NC1=O. The highest BCUT2D eigenvalue weighted by atomic mass is 35.5. The second-order valence-corrected chi connectivity index (χ2v) is 10.6. The van der Waals surface area contributed by atoms with Crippen LogP contribution in [-0.2, 0) is 19.6 Å². The number of anilines is 2. The minimum atomic E-state index is -3.77. The third-order valence-corrected chi connectivity index (χ3v) is 8.35. The summed E-state index contributed by atoms with van der Waals surface area (Å²) in [6.45, 7) is 4.18. The lowest BCUT2D eigenvalue weighted by Crippen LogP contribution is -2.41. The van der Waals surface area contributed by atoms with E-state index >= 15 is 0 Å². The number of sulfonamides is 1. The number of fused-ring (bicyclic) bond motifs is 1. The Morgan fingerprint density at radius 3 is 2.61 bits per heavy atom. The van der Waals surface area contributed by atoms with E-state index in [0.717, 1.165) is 5.56 Å². The van der Waals surface area contributed by atoms with E-state index in [1.54, 1.807) is 18.2 Å². The molecular weight excluding hydrogens is 466 g/mol. The van der Waals surface area contributed by atoms with Gasteiger partial charge in [0, 0.05) is 29.7 Å². The number of carbonyl (C=O) groups excluding carboxylic acids is 2. The maximum atomic E-state index is 13.2. The summed E-state index contributed by atoms with van der Waals surface area (Å²) in [5.41, 5.74) is 1.89. The summed E-state index contributed by atoms with van der Waals surface area (Å²) in [7, 11) is -3.77. The summed E-state index contributed by atoms with van der Waals surface area (Å²) in [6, 6.07) is 9.81. The number of halogens is 1. The lowest BCUT2D eigenvalue weighted by atomic mass is 9.97. The number of nitrogens with one attached hydrogen (secondary N) is 2. The first-order valence-corrected chi connectivity index (χ1v) is 12.7. The molecule has 2 aromatic rings. The normalized spacial score (nSPS) is 19.4. The summed E-state index contributed by atoms with van der Waals surface area (Å²) in [6.07, 6.45) is 0.757. The molecule has 2 N–H and O–H groups in total. The first kappa shape index (κ1) is 23.5. The van der Waals surface area contributed by atoms with Crippen LogP contribution in [0.2, 0.25) is 5.02 Å². The lowest BCUT2D eigenvalue weighted by molar-refractivity contribution is -0.123. The number of amides is 2. The molecule has 1 saturated heterocycles. The summed E-state index contributed by atoms with van der Waals surface area (Å²) >= 11 is 6.12. The first-order chi connectivity index (χ1) is 15.7. The number of rotatable bonds is 5. The molecule has 1 atom stereocenters. The second-order valence-electron chi connectivity index (χ2n) is 8.29. The van der Waals surface area contributed by atoms with E-state index in [4.69, 9.17) is 16.3 Å². The molecule has 2 heterocycles. The van der Waals surface area contributed by atoms with E-state index in [9.17, 15) is 18.0 Å². The van der Waals surface area contributed by atoms with Gasteiger partial charge in [0.2, 0.25) is 15.9 Å². The molecule has 0 bridgehead atoms. The molecule has 8 nitrogen and oxygen atoms in total. The highest BCUT2D eigenvalue weighted by Gasteiger charge is 2.34. The zero-order chi connectivity index (χ0) is 23.8. The monoisotopic (exact) mass is 491 g/mol. The molecule has 1 fully saturated rings. The van der Waals surface area contributed by atoms with Crippen LogP contribution in [0.3, 0.4) is 0 Å². The van der Waals surface area contributed by atoms with Gasteiger partial charge in [-0.2, -0.15) is 4.31 Å². The molecule has 2 aliphatic rings. The smallest absolute Gasteiger partial charge is 0.265 e. The van der Waals surface area contributed by atoms with Crippen LogP contribution in [-0.4, -0.2) is 43.7 Å². The van der Waals surface area contributed by atoms with Crippen molar-refractivity contribution in [2.24, 2.45) is 5.92 Å². The van der Waals surface area contributed by atoms with E-state index < -0.39 is 16.1 Å². The molecule has 0 spiro atoms. The average molecular weight is 492 g/mol. The van der Waals surface area contributed by atoms with E-state index in [2.05, 4.69) is 10.6 Å². The maximum absolute atomic E-state index is 13.2. The Morgan fingerprint density at radius 1 is 1.21 bits per heavy atom. The van der Waals surface area contributed by atoms with Gasteiger partial charge in [0.15, 0.2) is 6.10 Å².